The number of hydrogen-bond acceptors (Lipinski definition) is 5. The number of nitrogens with two attached hydrogens (primary N) is 1. The average molecular weight is 362 g/mol. The van der Waals surface area contributed by atoms with Crippen LogP contribution in [0.25, 0.3) is 0 Å². The summed E-state index contributed by atoms with van der Waals surface area (Å²) in [5, 5.41) is 12.0. The minimum Gasteiger partial charge on any atom is -0.459 e. The quantitative estimate of drug-likeness (QED) is 0.618. The molecule has 2 rings (SSSR count). The Labute approximate surface area is 155 Å². The first kappa shape index (κ1) is 20.3. The Morgan fingerprint density at radius 2 is 2.12 bits per heavy atom. The third-order valence-corrected chi connectivity index (χ3v) is 4.66. The van der Waals surface area contributed by atoms with E-state index in [1.54, 1.807) is 12.1 Å². The van der Waals surface area contributed by atoms with Gasteiger partial charge in [0.1, 0.15) is 0 Å². The molecule has 1 aliphatic rings. The molecule has 0 unspecified atom stereocenters. The SMILES string of the molecule is CCO[C@H]1OC(C(=O)Nc2ccccc2N)=C[C@@H](C(C)C)[C@H]1CCCO. The van der Waals surface area contributed by atoms with E-state index in [9.17, 15) is 9.90 Å². The zero-order chi connectivity index (χ0) is 19.1. The first-order valence-corrected chi connectivity index (χ1v) is 9.24. The molecular weight excluding hydrogens is 332 g/mol. The fraction of sp³-hybridized carbons (Fsp3) is 0.550. The Hall–Kier alpha value is -2.05. The summed E-state index contributed by atoms with van der Waals surface area (Å²) in [7, 11) is 0. The number of para-hydroxylation sites is 2. The average Bonchev–Trinajstić information content (AvgIpc) is 2.62. The molecule has 0 spiro atoms. The summed E-state index contributed by atoms with van der Waals surface area (Å²) in [6, 6.07) is 7.11. The first-order chi connectivity index (χ1) is 12.5. The standard InChI is InChI=1S/C20H30N2O4/c1-4-25-20-14(8-7-11-23)15(13(2)3)12-18(26-20)19(24)22-17-10-6-5-9-16(17)21/h5-6,9-10,12-15,20,23H,4,7-8,11,21H2,1-3H3,(H,22,24)/t14-,15+,20+/m1/s1. The summed E-state index contributed by atoms with van der Waals surface area (Å²) in [5.74, 6) is 0.459. The predicted molar refractivity (Wildman–Crippen MR) is 102 cm³/mol. The number of ether oxygens (including phenoxy) is 2. The lowest BCUT2D eigenvalue weighted by atomic mass is 9.78. The molecule has 1 amide bonds. The largest absolute Gasteiger partial charge is 0.459 e. The Morgan fingerprint density at radius 1 is 1.38 bits per heavy atom. The zero-order valence-corrected chi connectivity index (χ0v) is 15.8. The predicted octanol–water partition coefficient (Wildman–Crippen LogP) is 3.14. The van der Waals surface area contributed by atoms with E-state index in [1.807, 2.05) is 25.1 Å². The maximum atomic E-state index is 12.7. The third kappa shape index (κ3) is 4.99. The number of aliphatic hydroxyl groups is 1. The maximum absolute atomic E-state index is 12.7. The molecule has 3 atom stereocenters. The second-order valence-electron chi connectivity index (χ2n) is 6.86. The first-order valence-electron chi connectivity index (χ1n) is 9.24. The molecule has 6 nitrogen and oxygen atoms in total. The molecule has 0 fully saturated rings. The molecular formula is C20H30N2O4. The van der Waals surface area contributed by atoms with Gasteiger partial charge in [0.05, 0.1) is 11.4 Å². The molecule has 144 valence electrons. The van der Waals surface area contributed by atoms with Gasteiger partial charge in [0.2, 0.25) is 6.29 Å². The highest BCUT2D eigenvalue weighted by atomic mass is 16.7. The molecule has 1 heterocycles. The molecule has 1 aromatic carbocycles. The Morgan fingerprint density at radius 3 is 2.73 bits per heavy atom. The third-order valence-electron chi connectivity index (χ3n) is 4.66. The number of aliphatic hydroxyl groups excluding tert-OH is 1. The molecule has 0 bridgehead atoms. The van der Waals surface area contributed by atoms with Gasteiger partial charge in [0.25, 0.3) is 5.91 Å². The summed E-state index contributed by atoms with van der Waals surface area (Å²) < 4.78 is 11.7. The number of carbonyl (C=O) groups is 1. The number of benzene rings is 1. The van der Waals surface area contributed by atoms with Crippen LogP contribution in [0.15, 0.2) is 36.1 Å². The highest BCUT2D eigenvalue weighted by molar-refractivity contribution is 6.04. The van der Waals surface area contributed by atoms with Crippen molar-refractivity contribution in [2.75, 3.05) is 24.3 Å². The van der Waals surface area contributed by atoms with Crippen LogP contribution in [-0.2, 0) is 14.3 Å². The number of nitrogens with one attached hydrogen (secondary N) is 1. The molecule has 6 heteroatoms. The van der Waals surface area contributed by atoms with Gasteiger partial charge in [-0.15, -0.1) is 0 Å². The van der Waals surface area contributed by atoms with Crippen molar-refractivity contribution >= 4 is 17.3 Å². The maximum Gasteiger partial charge on any atom is 0.290 e. The van der Waals surface area contributed by atoms with E-state index in [1.165, 1.54) is 0 Å². The van der Waals surface area contributed by atoms with E-state index in [4.69, 9.17) is 15.2 Å². The molecule has 0 radical (unpaired) electrons. The van der Waals surface area contributed by atoms with Gasteiger partial charge in [0.15, 0.2) is 5.76 Å². The Balaban J connectivity index is 2.23. The highest BCUT2D eigenvalue weighted by Gasteiger charge is 2.38. The topological polar surface area (TPSA) is 93.8 Å². The van der Waals surface area contributed by atoms with E-state index in [-0.39, 0.29) is 30.1 Å². The van der Waals surface area contributed by atoms with Gasteiger partial charge in [0, 0.05) is 19.1 Å². The van der Waals surface area contributed by atoms with Crippen molar-refractivity contribution in [3.8, 4) is 0 Å². The van der Waals surface area contributed by atoms with E-state index in [2.05, 4.69) is 19.2 Å². The summed E-state index contributed by atoms with van der Waals surface area (Å²) >= 11 is 0. The van der Waals surface area contributed by atoms with Gasteiger partial charge in [-0.25, -0.2) is 0 Å². The lowest BCUT2D eigenvalue weighted by Crippen LogP contribution is -2.40. The van der Waals surface area contributed by atoms with E-state index < -0.39 is 6.29 Å². The molecule has 4 N–H and O–H groups in total. The number of rotatable bonds is 8. The second-order valence-corrected chi connectivity index (χ2v) is 6.86. The van der Waals surface area contributed by atoms with Crippen molar-refractivity contribution in [3.63, 3.8) is 0 Å². The van der Waals surface area contributed by atoms with Crippen LogP contribution < -0.4 is 11.1 Å². The Bertz CT molecular complexity index is 630. The summed E-state index contributed by atoms with van der Waals surface area (Å²) in [6.45, 7) is 6.76. The number of carbonyl (C=O) groups excluding carboxylic acids is 1. The fourth-order valence-corrected chi connectivity index (χ4v) is 3.32. The van der Waals surface area contributed by atoms with Crippen molar-refractivity contribution in [2.24, 2.45) is 17.8 Å². The summed E-state index contributed by atoms with van der Waals surface area (Å²) in [5.41, 5.74) is 6.96. The van der Waals surface area contributed by atoms with Crippen LogP contribution in [0.5, 0.6) is 0 Å². The molecule has 0 saturated heterocycles. The lowest BCUT2D eigenvalue weighted by molar-refractivity contribution is -0.173. The molecule has 0 saturated carbocycles. The minimum atomic E-state index is -0.502. The van der Waals surface area contributed by atoms with Crippen molar-refractivity contribution < 1.29 is 19.4 Å². The van der Waals surface area contributed by atoms with Gasteiger partial charge < -0.3 is 25.6 Å². The molecule has 0 aliphatic carbocycles. The van der Waals surface area contributed by atoms with Crippen LogP contribution in [0.1, 0.15) is 33.6 Å². The minimum absolute atomic E-state index is 0.0976. The van der Waals surface area contributed by atoms with Crippen LogP contribution in [0.2, 0.25) is 0 Å². The number of nitrogen functional groups attached to an aromatic ring is 1. The van der Waals surface area contributed by atoms with Gasteiger partial charge in [-0.05, 0) is 49.8 Å². The number of anilines is 2. The van der Waals surface area contributed by atoms with Gasteiger partial charge >= 0.3 is 0 Å². The summed E-state index contributed by atoms with van der Waals surface area (Å²) in [6.07, 6.45) is 2.84. The van der Waals surface area contributed by atoms with Gasteiger partial charge in [-0.3, -0.25) is 4.79 Å². The van der Waals surface area contributed by atoms with Crippen molar-refractivity contribution in [1.82, 2.24) is 0 Å². The molecule has 1 aromatic rings. The van der Waals surface area contributed by atoms with E-state index in [0.29, 0.717) is 30.3 Å². The fourth-order valence-electron chi connectivity index (χ4n) is 3.32. The monoisotopic (exact) mass is 362 g/mol. The van der Waals surface area contributed by atoms with Gasteiger partial charge in [-0.2, -0.15) is 0 Å². The van der Waals surface area contributed by atoms with Gasteiger partial charge in [-0.1, -0.05) is 26.0 Å². The van der Waals surface area contributed by atoms with Crippen LogP contribution >= 0.6 is 0 Å². The van der Waals surface area contributed by atoms with Crippen molar-refractivity contribution in [3.05, 3.63) is 36.1 Å². The second kappa shape index (κ2) is 9.59. The van der Waals surface area contributed by atoms with Crippen molar-refractivity contribution in [2.45, 2.75) is 39.9 Å². The Kier molecular flexibility index (Phi) is 7.48. The van der Waals surface area contributed by atoms with Crippen LogP contribution in [0.3, 0.4) is 0 Å². The van der Waals surface area contributed by atoms with Crippen molar-refractivity contribution in [1.29, 1.82) is 0 Å². The van der Waals surface area contributed by atoms with E-state index in [0.717, 1.165) is 6.42 Å². The highest BCUT2D eigenvalue weighted by Crippen LogP contribution is 2.37. The number of allylic oxidation sites excluding steroid dienone is 1. The number of amides is 1. The lowest BCUT2D eigenvalue weighted by Gasteiger charge is -2.38. The van der Waals surface area contributed by atoms with Crippen LogP contribution in [-0.4, -0.2) is 30.5 Å². The summed E-state index contributed by atoms with van der Waals surface area (Å²) in [4.78, 5) is 12.7. The normalized spacial score (nSPS) is 22.7. The smallest absolute Gasteiger partial charge is 0.290 e. The van der Waals surface area contributed by atoms with Crippen LogP contribution in [0.4, 0.5) is 11.4 Å². The van der Waals surface area contributed by atoms with E-state index >= 15 is 0 Å². The number of hydrogen-bond donors (Lipinski definition) is 3. The molecule has 26 heavy (non-hydrogen) atoms. The molecule has 1 aliphatic heterocycles. The zero-order valence-electron chi connectivity index (χ0n) is 15.8. The molecule has 0 aromatic heterocycles. The van der Waals surface area contributed by atoms with Crippen LogP contribution in [0, 0.1) is 17.8 Å².